The number of anilines is 2. The number of ether oxygens (including phenoxy) is 1. The van der Waals surface area contributed by atoms with Gasteiger partial charge in [0.15, 0.2) is 11.5 Å². The van der Waals surface area contributed by atoms with Crippen molar-refractivity contribution >= 4 is 40.2 Å². The second kappa shape index (κ2) is 10.6. The maximum atomic E-state index is 13.1. The first-order chi connectivity index (χ1) is 18.7. The van der Waals surface area contributed by atoms with E-state index in [1.165, 1.54) is 13.2 Å². The van der Waals surface area contributed by atoms with Crippen molar-refractivity contribution in [3.63, 3.8) is 0 Å². The Morgan fingerprint density at radius 3 is 2.62 bits per heavy atom. The van der Waals surface area contributed by atoms with Crippen molar-refractivity contribution in [2.45, 2.75) is 25.7 Å². The summed E-state index contributed by atoms with van der Waals surface area (Å²) in [5.74, 6) is -0.433. The molecule has 11 heteroatoms. The van der Waals surface area contributed by atoms with Crippen LogP contribution in [-0.2, 0) is 20.8 Å². The predicted molar refractivity (Wildman–Crippen MR) is 145 cm³/mol. The Balaban J connectivity index is 1.36. The molecular weight excluding hydrogens is 502 g/mol. The van der Waals surface area contributed by atoms with Crippen LogP contribution in [0.4, 0.5) is 17.1 Å². The molecule has 0 unspecified atom stereocenters. The molecule has 11 nitrogen and oxygen atoms in total. The number of nitrogens with two attached hydrogens (primary N) is 1. The van der Waals surface area contributed by atoms with Crippen LogP contribution in [-0.4, -0.2) is 54.2 Å². The summed E-state index contributed by atoms with van der Waals surface area (Å²) in [4.78, 5) is 50.0. The van der Waals surface area contributed by atoms with E-state index in [-0.39, 0.29) is 47.8 Å². The number of nitrogens with zero attached hydrogens (tertiary/aromatic N) is 2. The number of methoxy groups -OCH3 is 1. The highest BCUT2D eigenvalue weighted by Crippen LogP contribution is 2.37. The molecule has 0 radical (unpaired) electrons. The molecule has 0 spiro atoms. The number of hydrogen-bond donors (Lipinski definition) is 3. The first-order valence-electron chi connectivity index (χ1n) is 12.7. The number of nitro groups is 1. The van der Waals surface area contributed by atoms with Crippen molar-refractivity contribution in [2.75, 3.05) is 37.4 Å². The summed E-state index contributed by atoms with van der Waals surface area (Å²) in [6.07, 6.45) is 3.42. The molecule has 2 amide bonds. The monoisotopic (exact) mass is 531 g/mol. The molecule has 0 atom stereocenters. The summed E-state index contributed by atoms with van der Waals surface area (Å²) in [5, 5.41) is 17.9. The maximum Gasteiger partial charge on any atom is 0.310 e. The van der Waals surface area contributed by atoms with Gasteiger partial charge in [0.2, 0.25) is 11.8 Å². The number of fused-ring (bicyclic) bond motifs is 1. The lowest BCUT2D eigenvalue weighted by Crippen LogP contribution is -2.42. The number of likely N-dealkylation sites (tertiary alicyclic amines) is 1. The van der Waals surface area contributed by atoms with Crippen molar-refractivity contribution in [3.8, 4) is 5.75 Å². The van der Waals surface area contributed by atoms with Gasteiger partial charge in [-0.3, -0.25) is 24.5 Å². The number of rotatable bonds is 6. The average Bonchev–Trinajstić information content (AvgIpc) is 3.11. The minimum Gasteiger partial charge on any atom is -0.490 e. The fourth-order valence-electron chi connectivity index (χ4n) is 5.25. The van der Waals surface area contributed by atoms with Gasteiger partial charge in [-0.1, -0.05) is 6.07 Å². The van der Waals surface area contributed by atoms with E-state index in [2.05, 4.69) is 10.6 Å². The third kappa shape index (κ3) is 5.33. The van der Waals surface area contributed by atoms with Crippen molar-refractivity contribution in [3.05, 3.63) is 75.0 Å². The van der Waals surface area contributed by atoms with E-state index < -0.39 is 4.92 Å². The summed E-state index contributed by atoms with van der Waals surface area (Å²) in [5.41, 5.74) is 10.3. The first kappa shape index (κ1) is 26.0. The zero-order valence-corrected chi connectivity index (χ0v) is 21.5. The lowest BCUT2D eigenvalue weighted by Gasteiger charge is -2.30. The Kier molecular flexibility index (Phi) is 7.05. The molecule has 2 aliphatic heterocycles. The third-order valence-corrected chi connectivity index (χ3v) is 7.49. The van der Waals surface area contributed by atoms with Crippen LogP contribution in [0.2, 0.25) is 0 Å². The molecule has 2 heterocycles. The summed E-state index contributed by atoms with van der Waals surface area (Å²) >= 11 is 0. The van der Waals surface area contributed by atoms with Crippen LogP contribution < -0.4 is 21.1 Å². The van der Waals surface area contributed by atoms with E-state index in [1.54, 1.807) is 17.0 Å². The lowest BCUT2D eigenvalue weighted by molar-refractivity contribution is -0.385. The fourth-order valence-corrected chi connectivity index (χ4v) is 5.25. The molecule has 2 aromatic rings. The number of primary amides is 1. The van der Waals surface area contributed by atoms with Gasteiger partial charge in [0.05, 0.1) is 29.8 Å². The van der Waals surface area contributed by atoms with Crippen LogP contribution in [0.3, 0.4) is 0 Å². The van der Waals surface area contributed by atoms with Gasteiger partial charge in [-0.15, -0.1) is 0 Å². The van der Waals surface area contributed by atoms with Gasteiger partial charge in [-0.25, -0.2) is 0 Å². The zero-order chi connectivity index (χ0) is 27.7. The molecule has 0 aromatic heterocycles. The van der Waals surface area contributed by atoms with Gasteiger partial charge < -0.3 is 26.0 Å². The molecule has 5 rings (SSSR count). The smallest absolute Gasteiger partial charge is 0.310 e. The van der Waals surface area contributed by atoms with Gasteiger partial charge in [-0.2, -0.15) is 0 Å². The van der Waals surface area contributed by atoms with Gasteiger partial charge >= 0.3 is 5.69 Å². The average molecular weight is 532 g/mol. The molecule has 2 aromatic carbocycles. The number of nitro benzene ring substituents is 1. The number of piperidine rings is 1. The van der Waals surface area contributed by atoms with Crippen LogP contribution in [0, 0.1) is 16.0 Å². The molecule has 39 heavy (non-hydrogen) atoms. The predicted octanol–water partition coefficient (Wildman–Crippen LogP) is 3.02. The number of carbonyl (C=O) groups is 3. The highest BCUT2D eigenvalue weighted by molar-refractivity contribution is 6.07. The van der Waals surface area contributed by atoms with Gasteiger partial charge in [0, 0.05) is 49.3 Å². The van der Waals surface area contributed by atoms with E-state index >= 15 is 0 Å². The molecule has 0 saturated carbocycles. The maximum absolute atomic E-state index is 13.1. The summed E-state index contributed by atoms with van der Waals surface area (Å²) < 4.78 is 5.20. The van der Waals surface area contributed by atoms with Crippen molar-refractivity contribution < 1.29 is 24.0 Å². The Hall–Kier alpha value is -4.67. The highest BCUT2D eigenvalue weighted by Gasteiger charge is 2.28. The highest BCUT2D eigenvalue weighted by atomic mass is 16.6. The topological polar surface area (TPSA) is 157 Å². The number of ketones is 1. The van der Waals surface area contributed by atoms with Gasteiger partial charge in [0.1, 0.15) is 0 Å². The molecule has 1 aliphatic carbocycles. The van der Waals surface area contributed by atoms with Crippen molar-refractivity contribution in [2.24, 2.45) is 11.7 Å². The third-order valence-electron chi connectivity index (χ3n) is 7.49. The van der Waals surface area contributed by atoms with Crippen LogP contribution in [0.1, 0.15) is 30.4 Å². The standard InChI is InChI=1S/C28H29N5O6/c1-39-26-14-18(3-5-24(26)33(37)38)19-12-22-20(25(34)13-19)15-30-21-4-2-16(10-23(21)31-22)11-27(35)32-8-6-17(7-9-32)28(29)36/h2-5,10,12,14,17,30-31H,6-9,11,13,15H2,1H3,(H2,29,36). The SMILES string of the molecule is COc1cc(C2=CC3=C(CNc4ccc(CC(=O)N5CCC(C(N)=O)CC5)cc4N3)C(=O)C2)ccc1[N+](=O)[O-]. The van der Waals surface area contributed by atoms with E-state index in [1.807, 2.05) is 24.3 Å². The Bertz CT molecular complexity index is 1440. The number of Topliss-reactive ketones (excluding diaryl/α,β-unsaturated/α-hetero) is 1. The molecule has 0 bridgehead atoms. The number of carbonyl (C=O) groups excluding carboxylic acids is 3. The van der Waals surface area contributed by atoms with Crippen LogP contribution >= 0.6 is 0 Å². The number of benzene rings is 2. The van der Waals surface area contributed by atoms with Crippen molar-refractivity contribution in [1.29, 1.82) is 0 Å². The first-order valence-corrected chi connectivity index (χ1v) is 12.7. The molecule has 1 fully saturated rings. The Morgan fingerprint density at radius 2 is 1.92 bits per heavy atom. The minimum atomic E-state index is -0.509. The largest absolute Gasteiger partial charge is 0.490 e. The number of amides is 2. The van der Waals surface area contributed by atoms with Crippen LogP contribution in [0.5, 0.6) is 5.75 Å². The molecular formula is C28H29N5O6. The van der Waals surface area contributed by atoms with Gasteiger partial charge in [0.25, 0.3) is 0 Å². The molecule has 3 aliphatic rings. The number of hydrogen-bond acceptors (Lipinski definition) is 8. The zero-order valence-electron chi connectivity index (χ0n) is 21.5. The van der Waals surface area contributed by atoms with E-state index in [4.69, 9.17) is 10.5 Å². The minimum absolute atomic E-state index is 0.0125. The second-order valence-electron chi connectivity index (χ2n) is 9.90. The lowest BCUT2D eigenvalue weighted by atomic mass is 9.90. The summed E-state index contributed by atoms with van der Waals surface area (Å²) in [6.45, 7) is 1.36. The quantitative estimate of drug-likeness (QED) is 0.379. The van der Waals surface area contributed by atoms with E-state index in [0.29, 0.717) is 54.9 Å². The second-order valence-corrected chi connectivity index (χ2v) is 9.90. The summed E-state index contributed by atoms with van der Waals surface area (Å²) in [7, 11) is 1.37. The molecule has 1 saturated heterocycles. The molecule has 4 N–H and O–H groups in total. The molecule has 202 valence electrons. The Morgan fingerprint density at radius 1 is 1.15 bits per heavy atom. The van der Waals surface area contributed by atoms with E-state index in [0.717, 1.165) is 16.9 Å². The van der Waals surface area contributed by atoms with Crippen LogP contribution in [0.25, 0.3) is 5.57 Å². The summed E-state index contributed by atoms with van der Waals surface area (Å²) in [6, 6.07) is 10.2. The van der Waals surface area contributed by atoms with E-state index in [9.17, 15) is 24.5 Å². The normalized spacial score (nSPS) is 17.2. The fraction of sp³-hybridized carbons (Fsp3) is 0.321. The number of nitrogens with one attached hydrogen (secondary N) is 2. The number of allylic oxidation sites excluding steroid dienone is 2. The van der Waals surface area contributed by atoms with Gasteiger partial charge in [-0.05, 0) is 59.9 Å². The van der Waals surface area contributed by atoms with Crippen LogP contribution in [0.15, 0.2) is 53.7 Å². The van der Waals surface area contributed by atoms with Crippen molar-refractivity contribution in [1.82, 2.24) is 4.90 Å². The Labute approximate surface area is 224 Å².